The van der Waals surface area contributed by atoms with Crippen LogP contribution in [-0.4, -0.2) is 95.0 Å². The van der Waals surface area contributed by atoms with Gasteiger partial charge in [-0.15, -0.1) is 12.4 Å². The minimum Gasteiger partial charge on any atom is -0.381 e. The monoisotopic (exact) mass is 726 g/mol. The number of ether oxygens (including phenoxy) is 1. The van der Waals surface area contributed by atoms with Crippen molar-refractivity contribution in [2.45, 2.75) is 34.9 Å². The van der Waals surface area contributed by atoms with Crippen molar-refractivity contribution >= 4 is 62.2 Å². The average molecular weight is 727 g/mol. The van der Waals surface area contributed by atoms with Gasteiger partial charge in [0, 0.05) is 50.5 Å². The number of nitrogens with one attached hydrogen (secondary N) is 2. The van der Waals surface area contributed by atoms with E-state index < -0.39 is 39.7 Å². The van der Waals surface area contributed by atoms with E-state index in [1.807, 2.05) is 19.0 Å². The third-order valence-corrected chi connectivity index (χ3v) is 9.76. The first-order chi connectivity index (χ1) is 22.7. The normalized spacial score (nSPS) is 14.0. The van der Waals surface area contributed by atoms with E-state index in [1.54, 1.807) is 18.0 Å². The van der Waals surface area contributed by atoms with E-state index in [9.17, 15) is 35.6 Å². The zero-order valence-electron chi connectivity index (χ0n) is 26.8. The third kappa shape index (κ3) is 8.32. The molecule has 0 radical (unpaired) electrons. The maximum Gasteiger partial charge on any atom is 0.471 e. The first kappa shape index (κ1) is 37.6. The van der Waals surface area contributed by atoms with E-state index in [0.717, 1.165) is 12.1 Å². The summed E-state index contributed by atoms with van der Waals surface area (Å²) in [5.74, 6) is -3.85. The Balaban J connectivity index is 0.00000541. The van der Waals surface area contributed by atoms with E-state index >= 15 is 0 Å². The first-order valence-electron chi connectivity index (χ1n) is 14.9. The van der Waals surface area contributed by atoms with Crippen LogP contribution in [0.3, 0.4) is 0 Å². The van der Waals surface area contributed by atoms with Crippen LogP contribution in [0.25, 0.3) is 10.9 Å². The highest BCUT2D eigenvalue weighted by Gasteiger charge is 2.46. The van der Waals surface area contributed by atoms with E-state index in [1.165, 1.54) is 42.5 Å². The lowest BCUT2D eigenvalue weighted by molar-refractivity contribution is -0.171. The summed E-state index contributed by atoms with van der Waals surface area (Å²) in [7, 11) is 1.33. The lowest BCUT2D eigenvalue weighted by atomic mass is 10.0. The van der Waals surface area contributed by atoms with Crippen molar-refractivity contribution in [2.24, 2.45) is 0 Å². The maximum absolute atomic E-state index is 14.1. The van der Waals surface area contributed by atoms with Crippen LogP contribution in [0.15, 0.2) is 70.5 Å². The molecule has 264 valence electrons. The summed E-state index contributed by atoms with van der Waals surface area (Å²) >= 11 is 0. The summed E-state index contributed by atoms with van der Waals surface area (Å²) in [6, 6.07) is 11.9. The van der Waals surface area contributed by atoms with Crippen molar-refractivity contribution in [3.63, 3.8) is 0 Å². The minimum atomic E-state index is -5.24. The van der Waals surface area contributed by atoms with Gasteiger partial charge in [-0.2, -0.15) is 18.3 Å². The van der Waals surface area contributed by atoms with Gasteiger partial charge in [0.25, 0.3) is 5.91 Å². The molecule has 11 nitrogen and oxygen atoms in total. The molecule has 3 aromatic carbocycles. The quantitative estimate of drug-likeness (QED) is 0.212. The fourth-order valence-corrected chi connectivity index (χ4v) is 6.70. The Labute approximate surface area is 286 Å². The number of carbonyl (C=O) groups is 2. The number of halogens is 5. The highest BCUT2D eigenvalue weighted by Crippen LogP contribution is 2.35. The topological polar surface area (TPSA) is 128 Å². The zero-order chi connectivity index (χ0) is 34.8. The van der Waals surface area contributed by atoms with Gasteiger partial charge in [-0.25, -0.2) is 12.8 Å². The van der Waals surface area contributed by atoms with E-state index in [4.69, 9.17) is 4.74 Å². The summed E-state index contributed by atoms with van der Waals surface area (Å²) in [5, 5.41) is 9.53. The summed E-state index contributed by atoms with van der Waals surface area (Å²) in [5.41, 5.74) is 0.346. The molecule has 2 amide bonds. The fraction of sp³-hybridized carbons (Fsp3) is 0.344. The molecule has 49 heavy (non-hydrogen) atoms. The fourth-order valence-electron chi connectivity index (χ4n) is 5.38. The number of hydrogen-bond donors (Lipinski definition) is 2. The van der Waals surface area contributed by atoms with Gasteiger partial charge in [0.15, 0.2) is 5.82 Å². The van der Waals surface area contributed by atoms with Gasteiger partial charge >= 0.3 is 12.1 Å². The molecule has 1 saturated heterocycles. The second-order valence-electron chi connectivity index (χ2n) is 11.6. The molecular weight excluding hydrogens is 692 g/mol. The molecule has 0 unspecified atom stereocenters. The number of anilines is 3. The first-order valence-corrected chi connectivity index (χ1v) is 16.4. The molecule has 1 aromatic heterocycles. The lowest BCUT2D eigenvalue weighted by Crippen LogP contribution is -2.50. The predicted octanol–water partition coefficient (Wildman–Crippen LogP) is 5.28. The molecule has 1 aliphatic rings. The van der Waals surface area contributed by atoms with Crippen molar-refractivity contribution in [3.8, 4) is 0 Å². The maximum atomic E-state index is 14.1. The lowest BCUT2D eigenvalue weighted by Gasteiger charge is -2.36. The summed E-state index contributed by atoms with van der Waals surface area (Å²) in [4.78, 5) is 30.8. The van der Waals surface area contributed by atoms with Crippen molar-refractivity contribution in [2.75, 3.05) is 62.6 Å². The number of sulfone groups is 1. The van der Waals surface area contributed by atoms with Gasteiger partial charge < -0.3 is 24.8 Å². The van der Waals surface area contributed by atoms with Crippen LogP contribution >= 0.6 is 12.4 Å². The number of carbonyl (C=O) groups excluding carboxylic acids is 2. The Bertz CT molecular complexity index is 1930. The van der Waals surface area contributed by atoms with Gasteiger partial charge in [0.05, 0.1) is 26.6 Å². The van der Waals surface area contributed by atoms with Crippen LogP contribution in [0, 0.1) is 5.82 Å². The highest BCUT2D eigenvalue weighted by atomic mass is 35.5. The molecule has 2 N–H and O–H groups in total. The van der Waals surface area contributed by atoms with Crippen LogP contribution in [-0.2, 0) is 19.4 Å². The van der Waals surface area contributed by atoms with Crippen molar-refractivity contribution in [1.82, 2.24) is 15.1 Å². The van der Waals surface area contributed by atoms with E-state index in [-0.39, 0.29) is 70.7 Å². The number of fused-ring (bicyclic) bond motifs is 1. The number of benzene rings is 3. The molecule has 1 aliphatic heterocycles. The van der Waals surface area contributed by atoms with Crippen molar-refractivity contribution < 1.29 is 40.3 Å². The van der Waals surface area contributed by atoms with Crippen LogP contribution in [0.2, 0.25) is 0 Å². The number of aromatic amines is 1. The second-order valence-corrected chi connectivity index (χ2v) is 13.6. The SMILES string of the molecule is CN(C)CCN(C)c1ccc(C(=O)Nc2n[nH]c3ccc(S(=O)(=O)c4cccc(F)c4)cc23)c(N(C(=O)C(F)(F)F)C2CCOCC2)c1.Cl. The number of rotatable bonds is 10. The smallest absolute Gasteiger partial charge is 0.381 e. The second kappa shape index (κ2) is 15.1. The molecule has 0 bridgehead atoms. The Kier molecular flexibility index (Phi) is 11.6. The molecule has 2 heterocycles. The van der Waals surface area contributed by atoms with Gasteiger partial charge in [-0.1, -0.05) is 6.07 Å². The number of likely N-dealkylation sites (N-methyl/N-ethyl adjacent to an activating group) is 2. The minimum absolute atomic E-state index is 0. The molecule has 1 fully saturated rings. The molecule has 0 saturated carbocycles. The van der Waals surface area contributed by atoms with E-state index in [0.29, 0.717) is 29.2 Å². The molecule has 4 aromatic rings. The number of aromatic nitrogens is 2. The Morgan fingerprint density at radius 1 is 0.980 bits per heavy atom. The zero-order valence-corrected chi connectivity index (χ0v) is 28.4. The number of amides is 2. The summed E-state index contributed by atoms with van der Waals surface area (Å²) < 4.78 is 87.9. The van der Waals surface area contributed by atoms with Gasteiger partial charge in [-0.05, 0) is 81.5 Å². The predicted molar refractivity (Wildman–Crippen MR) is 179 cm³/mol. The van der Waals surface area contributed by atoms with Crippen molar-refractivity contribution in [1.29, 1.82) is 0 Å². The molecule has 0 atom stereocenters. The molecule has 0 aliphatic carbocycles. The number of H-pyrrole nitrogens is 1. The number of alkyl halides is 3. The Morgan fingerprint density at radius 2 is 1.67 bits per heavy atom. The highest BCUT2D eigenvalue weighted by molar-refractivity contribution is 7.91. The van der Waals surface area contributed by atoms with Crippen molar-refractivity contribution in [3.05, 3.63) is 72.0 Å². The van der Waals surface area contributed by atoms with Gasteiger partial charge in [0.1, 0.15) is 5.82 Å². The molecular formula is C32H35ClF4N6O5S. The van der Waals surface area contributed by atoms with Crippen LogP contribution in [0.5, 0.6) is 0 Å². The number of nitrogens with zero attached hydrogens (tertiary/aromatic N) is 4. The largest absolute Gasteiger partial charge is 0.471 e. The van der Waals surface area contributed by atoms with Crippen LogP contribution in [0.4, 0.5) is 34.8 Å². The molecule has 17 heteroatoms. The molecule has 0 spiro atoms. The third-order valence-electron chi connectivity index (χ3n) is 8.01. The average Bonchev–Trinajstić information content (AvgIpc) is 3.45. The molecule has 5 rings (SSSR count). The number of hydrogen-bond acceptors (Lipinski definition) is 8. The van der Waals surface area contributed by atoms with Gasteiger partial charge in [0.2, 0.25) is 9.84 Å². The Morgan fingerprint density at radius 3 is 2.33 bits per heavy atom. The van der Waals surface area contributed by atoms with Crippen LogP contribution in [0.1, 0.15) is 23.2 Å². The van der Waals surface area contributed by atoms with E-state index in [2.05, 4.69) is 15.5 Å². The van der Waals surface area contributed by atoms with Crippen LogP contribution < -0.4 is 15.1 Å². The Hall–Kier alpha value is -4.25. The standard InChI is InChI=1S/C32H34F4N6O5S.ClH/c1-40(2)13-14-41(3)22-7-9-25(28(18-22)42(31(44)32(34,35)36)21-11-15-47-16-12-21)30(43)37-29-26-19-24(8-10-27(26)38-39-29)48(45,46)23-6-4-5-20(33)17-23;/h4-10,17-19,21H,11-16H2,1-3H3,(H2,37,38,39,43);1H. The summed E-state index contributed by atoms with van der Waals surface area (Å²) in [6.45, 7) is 1.40. The van der Waals surface area contributed by atoms with Gasteiger partial charge in [-0.3, -0.25) is 14.7 Å². The summed E-state index contributed by atoms with van der Waals surface area (Å²) in [6.07, 6.45) is -4.99.